The maximum atomic E-state index is 13.2. The van der Waals surface area contributed by atoms with E-state index in [1.165, 1.54) is 6.92 Å². The van der Waals surface area contributed by atoms with Crippen molar-refractivity contribution in [2.75, 3.05) is 0 Å². The van der Waals surface area contributed by atoms with Crippen molar-refractivity contribution >= 4 is 11.8 Å². The van der Waals surface area contributed by atoms with Gasteiger partial charge in [0.15, 0.2) is 11.9 Å². The van der Waals surface area contributed by atoms with Gasteiger partial charge in [0, 0.05) is 12.8 Å². The molecule has 2 aliphatic rings. The lowest BCUT2D eigenvalue weighted by molar-refractivity contribution is -0.179. The minimum absolute atomic E-state index is 0.00845. The molecule has 22 heavy (non-hydrogen) atoms. The normalized spacial score (nSPS) is 41.4. The van der Waals surface area contributed by atoms with E-state index in [1.807, 2.05) is 26.8 Å². The molecule has 0 amide bonds. The van der Waals surface area contributed by atoms with Crippen molar-refractivity contribution in [2.45, 2.75) is 60.0 Å². The number of fused-ring (bicyclic) bond motifs is 1. The Morgan fingerprint density at radius 1 is 1.50 bits per heavy atom. The van der Waals surface area contributed by atoms with E-state index in [2.05, 4.69) is 19.6 Å². The van der Waals surface area contributed by atoms with Gasteiger partial charge in [-0.05, 0) is 44.4 Å². The second-order valence-corrected chi connectivity index (χ2v) is 7.40. The van der Waals surface area contributed by atoms with E-state index < -0.39 is 11.5 Å². The smallest absolute Gasteiger partial charge is 0.303 e. The highest BCUT2D eigenvalue weighted by atomic mass is 16.5. The number of esters is 1. The number of allylic oxidation sites excluding steroid dienone is 3. The van der Waals surface area contributed by atoms with Crippen LogP contribution < -0.4 is 0 Å². The average molecular weight is 304 g/mol. The molecule has 0 radical (unpaired) electrons. The molecule has 3 nitrogen and oxygen atoms in total. The predicted molar refractivity (Wildman–Crippen MR) is 87.2 cm³/mol. The van der Waals surface area contributed by atoms with Crippen molar-refractivity contribution in [3.8, 4) is 0 Å². The first-order chi connectivity index (χ1) is 10.2. The average Bonchev–Trinajstić information content (AvgIpc) is 2.44. The second kappa shape index (κ2) is 5.68. The number of carbonyl (C=O) groups is 2. The van der Waals surface area contributed by atoms with Crippen molar-refractivity contribution in [1.29, 1.82) is 0 Å². The highest BCUT2D eigenvalue weighted by molar-refractivity contribution is 5.94. The van der Waals surface area contributed by atoms with Crippen molar-refractivity contribution in [1.82, 2.24) is 0 Å². The number of ketones is 1. The van der Waals surface area contributed by atoms with E-state index in [1.54, 1.807) is 0 Å². The molecule has 0 spiro atoms. The molecular formula is C19H28O3. The minimum atomic E-state index is -0.662. The third-order valence-electron chi connectivity index (χ3n) is 6.36. The molecular weight excluding hydrogens is 276 g/mol. The van der Waals surface area contributed by atoms with Gasteiger partial charge in [0.05, 0.1) is 5.41 Å². The highest BCUT2D eigenvalue weighted by Crippen LogP contribution is 2.60. The van der Waals surface area contributed by atoms with Crippen LogP contribution >= 0.6 is 0 Å². The Hall–Kier alpha value is -1.38. The minimum Gasteiger partial charge on any atom is -0.454 e. The summed E-state index contributed by atoms with van der Waals surface area (Å²) >= 11 is 0. The summed E-state index contributed by atoms with van der Waals surface area (Å²) in [5.74, 6) is -0.0657. The molecule has 5 atom stereocenters. The topological polar surface area (TPSA) is 43.4 Å². The fourth-order valence-corrected chi connectivity index (χ4v) is 4.76. The van der Waals surface area contributed by atoms with E-state index >= 15 is 0 Å². The van der Waals surface area contributed by atoms with E-state index in [0.29, 0.717) is 0 Å². The number of hydrogen-bond donors (Lipinski definition) is 0. The summed E-state index contributed by atoms with van der Waals surface area (Å²) in [4.78, 5) is 24.7. The summed E-state index contributed by atoms with van der Waals surface area (Å²) in [6.45, 7) is 13.6. The first-order valence-corrected chi connectivity index (χ1v) is 8.19. The molecule has 0 aromatic carbocycles. The van der Waals surface area contributed by atoms with E-state index in [9.17, 15) is 9.59 Å². The molecule has 2 aliphatic carbocycles. The molecule has 1 saturated carbocycles. The monoisotopic (exact) mass is 304 g/mol. The largest absolute Gasteiger partial charge is 0.454 e. The molecule has 0 aromatic rings. The van der Waals surface area contributed by atoms with Crippen LogP contribution in [0.5, 0.6) is 0 Å². The number of rotatable bonds is 3. The zero-order valence-corrected chi connectivity index (χ0v) is 14.4. The number of Topliss-reactive ketones (excluding diaryl/α,β-unsaturated/α-hetero) is 1. The van der Waals surface area contributed by atoms with Crippen LogP contribution in [0.4, 0.5) is 0 Å². The van der Waals surface area contributed by atoms with Crippen LogP contribution in [0.2, 0.25) is 0 Å². The van der Waals surface area contributed by atoms with Crippen molar-refractivity contribution in [3.63, 3.8) is 0 Å². The Kier molecular flexibility index (Phi) is 4.38. The van der Waals surface area contributed by atoms with Gasteiger partial charge in [0.25, 0.3) is 0 Å². The zero-order valence-electron chi connectivity index (χ0n) is 14.4. The quantitative estimate of drug-likeness (QED) is 0.583. The second-order valence-electron chi connectivity index (χ2n) is 7.40. The van der Waals surface area contributed by atoms with Gasteiger partial charge in [-0.15, -0.1) is 6.58 Å². The summed E-state index contributed by atoms with van der Waals surface area (Å²) in [5.41, 5.74) is 0.482. The molecule has 0 unspecified atom stereocenters. The highest BCUT2D eigenvalue weighted by Gasteiger charge is 2.62. The molecule has 3 heteroatoms. The molecule has 1 fully saturated rings. The summed E-state index contributed by atoms with van der Waals surface area (Å²) in [7, 11) is 0. The van der Waals surface area contributed by atoms with Crippen LogP contribution in [0.3, 0.4) is 0 Å². The van der Waals surface area contributed by atoms with Crippen molar-refractivity contribution in [2.24, 2.45) is 22.7 Å². The Labute approximate surface area is 133 Å². The molecule has 0 saturated heterocycles. The van der Waals surface area contributed by atoms with Gasteiger partial charge in [-0.1, -0.05) is 31.6 Å². The van der Waals surface area contributed by atoms with Crippen molar-refractivity contribution in [3.05, 3.63) is 24.3 Å². The van der Waals surface area contributed by atoms with Gasteiger partial charge < -0.3 is 4.74 Å². The van der Waals surface area contributed by atoms with Crippen LogP contribution in [-0.4, -0.2) is 17.9 Å². The molecule has 0 N–H and O–H groups in total. The molecule has 0 heterocycles. The Bertz CT molecular complexity index is 533. The maximum Gasteiger partial charge on any atom is 0.303 e. The number of ether oxygens (including phenoxy) is 1. The Morgan fingerprint density at radius 3 is 2.68 bits per heavy atom. The van der Waals surface area contributed by atoms with Crippen LogP contribution in [0.25, 0.3) is 0 Å². The standard InChI is InChI=1S/C19H28O3/c1-7-11-18(5)13(3)16(22-14(4)20)17(21)19(6)12(2)9-8-10-15(18)19/h7,9,13,15-16H,1,8,10-11H2,2-6H3/t13-,15+,16-,18-,19-/m1/s1. The van der Waals surface area contributed by atoms with E-state index in [0.717, 1.165) is 24.8 Å². The molecule has 0 bridgehead atoms. The SMILES string of the molecule is C=CC[C@]1(C)[C@H](C)[C@@H](OC(C)=O)C(=O)[C@]2(C)C(C)=CCC[C@H]21. The summed E-state index contributed by atoms with van der Waals surface area (Å²) in [6, 6.07) is 0. The van der Waals surface area contributed by atoms with Crippen LogP contribution in [0.1, 0.15) is 53.9 Å². The lowest BCUT2D eigenvalue weighted by Gasteiger charge is -2.58. The molecule has 0 aromatic heterocycles. The fraction of sp³-hybridized carbons (Fsp3) is 0.684. The first-order valence-electron chi connectivity index (χ1n) is 8.19. The molecule has 0 aliphatic heterocycles. The first kappa shape index (κ1) is 17.0. The third kappa shape index (κ3) is 2.26. The summed E-state index contributed by atoms with van der Waals surface area (Å²) in [5, 5.41) is 0. The van der Waals surface area contributed by atoms with Gasteiger partial charge in [-0.25, -0.2) is 0 Å². The maximum absolute atomic E-state index is 13.2. The lowest BCUT2D eigenvalue weighted by atomic mass is 9.46. The predicted octanol–water partition coefficient (Wildman–Crippen LogP) is 4.08. The van der Waals surface area contributed by atoms with Gasteiger partial charge in [0.1, 0.15) is 0 Å². The van der Waals surface area contributed by atoms with Gasteiger partial charge in [-0.2, -0.15) is 0 Å². The van der Waals surface area contributed by atoms with Crippen LogP contribution in [0, 0.1) is 22.7 Å². The van der Waals surface area contributed by atoms with Crippen LogP contribution in [-0.2, 0) is 14.3 Å². The van der Waals surface area contributed by atoms with Crippen molar-refractivity contribution < 1.29 is 14.3 Å². The van der Waals surface area contributed by atoms with Gasteiger partial charge in [-0.3, -0.25) is 9.59 Å². The molecule has 2 rings (SSSR count). The van der Waals surface area contributed by atoms with E-state index in [4.69, 9.17) is 4.74 Å². The summed E-state index contributed by atoms with van der Waals surface area (Å²) in [6.07, 6.45) is 6.28. The molecule has 122 valence electrons. The van der Waals surface area contributed by atoms with Crippen LogP contribution in [0.15, 0.2) is 24.3 Å². The van der Waals surface area contributed by atoms with Gasteiger partial charge >= 0.3 is 5.97 Å². The third-order valence-corrected chi connectivity index (χ3v) is 6.36. The Morgan fingerprint density at radius 2 is 2.14 bits per heavy atom. The number of carbonyl (C=O) groups excluding carboxylic acids is 2. The Balaban J connectivity index is 2.58. The fourth-order valence-electron chi connectivity index (χ4n) is 4.76. The van der Waals surface area contributed by atoms with E-state index in [-0.39, 0.29) is 29.0 Å². The summed E-state index contributed by atoms with van der Waals surface area (Å²) < 4.78 is 5.47. The zero-order chi connectivity index (χ0) is 16.7. The van der Waals surface area contributed by atoms with Gasteiger partial charge in [0.2, 0.25) is 0 Å². The number of hydrogen-bond acceptors (Lipinski definition) is 3. The lowest BCUT2D eigenvalue weighted by Crippen LogP contribution is -2.61.